The lowest BCUT2D eigenvalue weighted by Crippen LogP contribution is -2.28. The highest BCUT2D eigenvalue weighted by Gasteiger charge is 2.39. The quantitative estimate of drug-likeness (QED) is 0.437. The van der Waals surface area contributed by atoms with E-state index in [1.807, 2.05) is 7.85 Å². The predicted octanol–water partition coefficient (Wildman–Crippen LogP) is 0.412. The van der Waals surface area contributed by atoms with Crippen molar-refractivity contribution in [1.82, 2.24) is 0 Å². The lowest BCUT2D eigenvalue weighted by Gasteiger charge is -2.18. The van der Waals surface area contributed by atoms with Crippen molar-refractivity contribution in [2.75, 3.05) is 19.5 Å². The maximum absolute atomic E-state index is 9.76. The fraction of sp³-hybridized carbons (Fsp3) is 0.889. The number of halogens is 1. The highest BCUT2D eigenvalue weighted by Crippen LogP contribution is 2.38. The van der Waals surface area contributed by atoms with Crippen molar-refractivity contribution in [3.05, 3.63) is 0 Å². The molecule has 1 heterocycles. The Kier molecular flexibility index (Phi) is 4.16. The summed E-state index contributed by atoms with van der Waals surface area (Å²) in [5, 5.41) is 9.50. The summed E-state index contributed by atoms with van der Waals surface area (Å²) < 4.78 is 5.59. The molecule has 1 saturated heterocycles. The first-order chi connectivity index (χ1) is 6.31. The lowest BCUT2D eigenvalue weighted by molar-refractivity contribution is 0.0312. The van der Waals surface area contributed by atoms with Gasteiger partial charge in [0.25, 0.3) is 0 Å². The number of rotatable bonds is 3. The number of aliphatic hydroxyl groups is 1. The van der Waals surface area contributed by atoms with E-state index < -0.39 is 13.0 Å². The van der Waals surface area contributed by atoms with Crippen LogP contribution in [-0.2, 0) is 4.74 Å². The topological polar surface area (TPSA) is 29.5 Å². The molecule has 0 bridgehead atoms. The molecule has 0 aromatic carbocycles. The van der Waals surface area contributed by atoms with Gasteiger partial charge in [0.2, 0.25) is 0 Å². The van der Waals surface area contributed by atoms with E-state index in [1.165, 1.54) is 0 Å². The molecule has 0 aromatic rings. The van der Waals surface area contributed by atoms with Gasteiger partial charge in [-0.25, -0.2) is 0 Å². The van der Waals surface area contributed by atoms with Gasteiger partial charge in [-0.3, -0.25) is 0 Å². The number of hydrogen-bond acceptors (Lipinski definition) is 2. The van der Waals surface area contributed by atoms with E-state index in [0.29, 0.717) is 0 Å². The van der Waals surface area contributed by atoms with Gasteiger partial charge in [-0.15, -0.1) is 24.8 Å². The Labute approximate surface area is 92.4 Å². The summed E-state index contributed by atoms with van der Waals surface area (Å²) in [7, 11) is 1.91. The Morgan fingerprint density at radius 3 is 2.50 bits per heavy atom. The third-order valence-electron chi connectivity index (χ3n) is 2.56. The second-order valence-electron chi connectivity index (χ2n) is 4.76. The molecule has 2 nitrogen and oxygen atoms in total. The van der Waals surface area contributed by atoms with E-state index >= 15 is 0 Å². The molecule has 4 atom stereocenters. The second kappa shape index (κ2) is 4.61. The molecule has 1 fully saturated rings. The summed E-state index contributed by atoms with van der Waals surface area (Å²) in [4.78, 5) is 0. The smallest absolute Gasteiger partial charge is 0.141 e. The molecule has 1 rings (SSSR count). The van der Waals surface area contributed by atoms with Crippen LogP contribution < -0.4 is 0 Å². The van der Waals surface area contributed by atoms with Gasteiger partial charge in [0.15, 0.2) is 0 Å². The van der Waals surface area contributed by atoms with E-state index in [-0.39, 0.29) is 17.5 Å². The highest BCUT2D eigenvalue weighted by atomic mass is 35.5. The Morgan fingerprint density at radius 2 is 2.14 bits per heavy atom. The van der Waals surface area contributed by atoms with Crippen molar-refractivity contribution < 1.29 is 9.84 Å². The maximum atomic E-state index is 9.76. The zero-order chi connectivity index (χ0) is 10.9. The van der Waals surface area contributed by atoms with Gasteiger partial charge in [0.1, 0.15) is 7.85 Å². The summed E-state index contributed by atoms with van der Waals surface area (Å²) in [6.45, 7) is 3.36. The van der Waals surface area contributed by atoms with Gasteiger partial charge in [0, 0.05) is 6.00 Å². The van der Waals surface area contributed by atoms with Crippen LogP contribution in [0.5, 0.6) is 0 Å². The fourth-order valence-corrected chi connectivity index (χ4v) is 2.80. The molecule has 5 heteroatoms. The fourth-order valence-electron chi connectivity index (χ4n) is 1.63. The number of ether oxygens (including phenoxy) is 1. The Balaban J connectivity index is 2.44. The van der Waals surface area contributed by atoms with E-state index in [1.54, 1.807) is 0 Å². The lowest BCUT2D eigenvalue weighted by atomic mass is 9.95. The van der Waals surface area contributed by atoms with Crippen LogP contribution in [0.25, 0.3) is 0 Å². The zero-order valence-corrected chi connectivity index (χ0v) is 10.8. The summed E-state index contributed by atoms with van der Waals surface area (Å²) in [6.07, 6.45) is 5.45. The minimum Gasteiger partial charge on any atom is -0.389 e. The maximum Gasteiger partial charge on any atom is 0.141 e. The van der Waals surface area contributed by atoms with Crippen molar-refractivity contribution in [2.45, 2.75) is 30.0 Å². The minimum atomic E-state index is -1.02. The van der Waals surface area contributed by atoms with Gasteiger partial charge >= 0.3 is 0 Å². The van der Waals surface area contributed by atoms with Gasteiger partial charge in [-0.2, -0.15) is 0 Å². The van der Waals surface area contributed by atoms with Crippen LogP contribution in [0.4, 0.5) is 0 Å². The molecular formula is C9H19BClO2P. The van der Waals surface area contributed by atoms with Gasteiger partial charge < -0.3 is 9.84 Å². The van der Waals surface area contributed by atoms with Crippen LogP contribution in [0, 0.1) is 0 Å². The van der Waals surface area contributed by atoms with E-state index in [9.17, 15) is 5.11 Å². The van der Waals surface area contributed by atoms with Crippen LogP contribution in [0.15, 0.2) is 0 Å². The number of aliphatic hydroxyl groups excluding tert-OH is 1. The minimum absolute atomic E-state index is 0.0390. The molecule has 0 saturated carbocycles. The average molecular weight is 236 g/mol. The molecule has 82 valence electrons. The molecular weight excluding hydrogens is 217 g/mol. The molecule has 1 unspecified atom stereocenters. The van der Waals surface area contributed by atoms with Crippen LogP contribution >= 0.6 is 18.5 Å². The molecule has 0 aliphatic carbocycles. The number of alkyl halides is 1. The molecule has 0 radical (unpaired) electrons. The number of hydrogen-bond donors (Lipinski definition) is 1. The summed E-state index contributed by atoms with van der Waals surface area (Å²) in [5.74, 6) is 0. The SMILES string of the molecule is B[C@@H]1OC(CCP(=C)(C)C)[C@@H](O)[C@H]1Cl. The van der Waals surface area contributed by atoms with Crippen molar-refractivity contribution in [2.24, 2.45) is 0 Å². The standard InChI is InChI=1S/C9H19BClO2P/c1-14(2,3)5-4-6-8(12)7(11)9(10)13-6/h6-9,12H,1,4-5,10H2,2-3H3/t6?,7-,8-,9-/m1/s1. The molecule has 14 heavy (non-hydrogen) atoms. The van der Waals surface area contributed by atoms with Crippen molar-refractivity contribution in [1.29, 1.82) is 0 Å². The predicted molar refractivity (Wildman–Crippen MR) is 68.2 cm³/mol. The van der Waals surface area contributed by atoms with Crippen molar-refractivity contribution in [3.8, 4) is 0 Å². The first-order valence-corrected chi connectivity index (χ1v) is 8.45. The van der Waals surface area contributed by atoms with Crippen molar-refractivity contribution >= 4 is 32.6 Å². The van der Waals surface area contributed by atoms with Crippen LogP contribution in [-0.4, -0.2) is 62.3 Å². The Morgan fingerprint density at radius 1 is 1.57 bits per heavy atom. The highest BCUT2D eigenvalue weighted by molar-refractivity contribution is 7.72. The normalized spacial score (nSPS) is 38.9. The summed E-state index contributed by atoms with van der Waals surface area (Å²) in [6, 6.07) is -0.0390. The molecule has 0 amide bonds. The Hall–Kier alpha value is 0.575. The van der Waals surface area contributed by atoms with Crippen molar-refractivity contribution in [3.63, 3.8) is 0 Å². The van der Waals surface area contributed by atoms with E-state index in [0.717, 1.165) is 12.6 Å². The molecule has 1 N–H and O–H groups in total. The monoisotopic (exact) mass is 236 g/mol. The van der Waals surface area contributed by atoms with Crippen LogP contribution in [0.2, 0.25) is 0 Å². The first kappa shape index (κ1) is 12.6. The van der Waals surface area contributed by atoms with Gasteiger partial charge in [0.05, 0.1) is 17.6 Å². The van der Waals surface area contributed by atoms with Crippen LogP contribution in [0.3, 0.4) is 0 Å². The summed E-state index contributed by atoms with van der Waals surface area (Å²) in [5.41, 5.74) is 0. The third-order valence-corrected chi connectivity index (χ3v) is 4.65. The third kappa shape index (κ3) is 3.31. The van der Waals surface area contributed by atoms with Gasteiger partial charge in [-0.05, 0) is 25.9 Å². The Bertz CT molecular complexity index is 243. The first-order valence-electron chi connectivity index (χ1n) is 4.96. The van der Waals surface area contributed by atoms with E-state index in [2.05, 4.69) is 19.6 Å². The largest absolute Gasteiger partial charge is 0.389 e. The zero-order valence-electron chi connectivity index (χ0n) is 9.11. The average Bonchev–Trinajstić information content (AvgIpc) is 2.28. The van der Waals surface area contributed by atoms with Crippen LogP contribution in [0.1, 0.15) is 6.42 Å². The van der Waals surface area contributed by atoms with Gasteiger partial charge in [-0.1, -0.05) is 0 Å². The molecule has 1 aliphatic heterocycles. The van der Waals surface area contributed by atoms with E-state index in [4.69, 9.17) is 16.3 Å². The molecule has 1 aliphatic rings. The summed E-state index contributed by atoms with van der Waals surface area (Å²) >= 11 is 5.98. The molecule has 0 spiro atoms. The second-order valence-corrected chi connectivity index (χ2v) is 9.59. The molecule has 0 aromatic heterocycles.